The molecule has 106 valence electrons. The maximum absolute atomic E-state index is 13.4. The SMILES string of the molecule is Cc1nn(C)c(C)c1CC(=O)Nc1ccc(F)cc1F. The summed E-state index contributed by atoms with van der Waals surface area (Å²) >= 11 is 0. The molecule has 0 unspecified atom stereocenters. The van der Waals surface area contributed by atoms with Gasteiger partial charge in [-0.1, -0.05) is 0 Å². The van der Waals surface area contributed by atoms with Crippen LogP contribution in [0.2, 0.25) is 0 Å². The largest absolute Gasteiger partial charge is 0.323 e. The fourth-order valence-electron chi connectivity index (χ4n) is 2.02. The Morgan fingerprint density at radius 1 is 1.35 bits per heavy atom. The number of hydrogen-bond donors (Lipinski definition) is 1. The van der Waals surface area contributed by atoms with Crippen LogP contribution in [-0.2, 0) is 18.3 Å². The fraction of sp³-hybridized carbons (Fsp3) is 0.286. The van der Waals surface area contributed by atoms with Gasteiger partial charge in [-0.3, -0.25) is 9.48 Å². The third-order valence-electron chi connectivity index (χ3n) is 3.20. The maximum Gasteiger partial charge on any atom is 0.229 e. The minimum absolute atomic E-state index is 0.0319. The lowest BCUT2D eigenvalue weighted by molar-refractivity contribution is -0.115. The van der Waals surface area contributed by atoms with Gasteiger partial charge in [0.1, 0.15) is 11.6 Å². The van der Waals surface area contributed by atoms with Gasteiger partial charge in [-0.2, -0.15) is 5.10 Å². The second-order valence-electron chi connectivity index (χ2n) is 4.62. The molecule has 0 radical (unpaired) electrons. The Balaban J connectivity index is 2.13. The maximum atomic E-state index is 13.4. The molecule has 1 aromatic carbocycles. The lowest BCUT2D eigenvalue weighted by Crippen LogP contribution is -2.16. The average molecular weight is 279 g/mol. The van der Waals surface area contributed by atoms with Crippen LogP contribution in [0, 0.1) is 25.5 Å². The quantitative estimate of drug-likeness (QED) is 0.938. The third-order valence-corrected chi connectivity index (χ3v) is 3.20. The summed E-state index contributed by atoms with van der Waals surface area (Å²) in [4.78, 5) is 11.9. The summed E-state index contributed by atoms with van der Waals surface area (Å²) in [5.41, 5.74) is 2.43. The monoisotopic (exact) mass is 279 g/mol. The van der Waals surface area contributed by atoms with E-state index < -0.39 is 11.6 Å². The van der Waals surface area contributed by atoms with Gasteiger partial charge in [0.2, 0.25) is 5.91 Å². The Labute approximate surface area is 115 Å². The number of aryl methyl sites for hydroxylation is 2. The molecule has 20 heavy (non-hydrogen) atoms. The molecule has 4 nitrogen and oxygen atoms in total. The number of nitrogens with zero attached hydrogens (tertiary/aromatic N) is 2. The number of nitrogens with one attached hydrogen (secondary N) is 1. The van der Waals surface area contributed by atoms with Gasteiger partial charge in [0.15, 0.2) is 0 Å². The molecular weight excluding hydrogens is 264 g/mol. The van der Waals surface area contributed by atoms with Crippen LogP contribution < -0.4 is 5.32 Å². The number of rotatable bonds is 3. The topological polar surface area (TPSA) is 46.9 Å². The van der Waals surface area contributed by atoms with E-state index in [1.54, 1.807) is 11.7 Å². The van der Waals surface area contributed by atoms with Crippen LogP contribution >= 0.6 is 0 Å². The number of benzene rings is 1. The summed E-state index contributed by atoms with van der Waals surface area (Å²) in [5, 5.41) is 6.64. The minimum Gasteiger partial charge on any atom is -0.323 e. The van der Waals surface area contributed by atoms with Gasteiger partial charge in [0.25, 0.3) is 0 Å². The first kappa shape index (κ1) is 14.2. The Kier molecular flexibility index (Phi) is 3.83. The molecule has 1 heterocycles. The third kappa shape index (κ3) is 2.84. The summed E-state index contributed by atoms with van der Waals surface area (Å²) < 4.78 is 27.9. The van der Waals surface area contributed by atoms with Gasteiger partial charge >= 0.3 is 0 Å². The molecule has 0 aliphatic carbocycles. The number of carbonyl (C=O) groups excluding carboxylic acids is 1. The molecule has 2 rings (SSSR count). The van der Waals surface area contributed by atoms with Crippen LogP contribution in [0.5, 0.6) is 0 Å². The summed E-state index contributed by atoms with van der Waals surface area (Å²) in [6.45, 7) is 3.68. The normalized spacial score (nSPS) is 10.7. The van der Waals surface area contributed by atoms with Crippen molar-refractivity contribution in [3.05, 3.63) is 46.8 Å². The van der Waals surface area contributed by atoms with E-state index in [1.165, 1.54) is 6.07 Å². The van der Waals surface area contributed by atoms with E-state index in [4.69, 9.17) is 0 Å². The molecule has 1 N–H and O–H groups in total. The lowest BCUT2D eigenvalue weighted by Gasteiger charge is -2.07. The van der Waals surface area contributed by atoms with Gasteiger partial charge in [-0.05, 0) is 26.0 Å². The van der Waals surface area contributed by atoms with Gasteiger partial charge in [0, 0.05) is 24.4 Å². The molecule has 6 heteroatoms. The van der Waals surface area contributed by atoms with Crippen molar-refractivity contribution in [3.63, 3.8) is 0 Å². The van der Waals surface area contributed by atoms with Crippen LogP contribution in [0.25, 0.3) is 0 Å². The Hall–Kier alpha value is -2.24. The van der Waals surface area contributed by atoms with E-state index in [-0.39, 0.29) is 18.0 Å². The molecule has 0 saturated heterocycles. The first-order valence-corrected chi connectivity index (χ1v) is 6.12. The summed E-state index contributed by atoms with van der Waals surface area (Å²) in [5.74, 6) is -1.84. The number of hydrogen-bond acceptors (Lipinski definition) is 2. The zero-order chi connectivity index (χ0) is 14.9. The van der Waals surface area contributed by atoms with Crippen LogP contribution in [0.15, 0.2) is 18.2 Å². The number of aromatic nitrogens is 2. The summed E-state index contributed by atoms with van der Waals surface area (Å²) in [6, 6.07) is 3.03. The van der Waals surface area contributed by atoms with E-state index in [9.17, 15) is 13.6 Å². The molecule has 0 spiro atoms. The van der Waals surface area contributed by atoms with Gasteiger partial charge < -0.3 is 5.32 Å². The highest BCUT2D eigenvalue weighted by molar-refractivity contribution is 5.92. The molecule has 0 bridgehead atoms. The van der Waals surface area contributed by atoms with Crippen LogP contribution in [0.1, 0.15) is 17.0 Å². The first-order valence-electron chi connectivity index (χ1n) is 6.12. The predicted octanol–water partition coefficient (Wildman–Crippen LogP) is 2.50. The summed E-state index contributed by atoms with van der Waals surface area (Å²) in [7, 11) is 1.80. The van der Waals surface area contributed by atoms with Crippen LogP contribution in [-0.4, -0.2) is 15.7 Å². The van der Waals surface area contributed by atoms with Crippen molar-refractivity contribution >= 4 is 11.6 Å². The van der Waals surface area contributed by atoms with Crippen molar-refractivity contribution in [1.82, 2.24) is 9.78 Å². The molecule has 1 aromatic heterocycles. The molecule has 0 aliphatic rings. The molecule has 2 aromatic rings. The second kappa shape index (κ2) is 5.40. The van der Waals surface area contributed by atoms with E-state index in [1.807, 2.05) is 13.8 Å². The predicted molar refractivity (Wildman–Crippen MR) is 71.4 cm³/mol. The Bertz CT molecular complexity index is 665. The zero-order valence-electron chi connectivity index (χ0n) is 11.5. The molecular formula is C14H15F2N3O. The summed E-state index contributed by atoms with van der Waals surface area (Å²) in [6.07, 6.45) is 0.0995. The Morgan fingerprint density at radius 2 is 2.05 bits per heavy atom. The Morgan fingerprint density at radius 3 is 2.60 bits per heavy atom. The van der Waals surface area contributed by atoms with E-state index >= 15 is 0 Å². The number of anilines is 1. The van der Waals surface area contributed by atoms with Gasteiger partial charge in [-0.15, -0.1) is 0 Å². The molecule has 0 fully saturated rings. The van der Waals surface area contributed by atoms with E-state index in [0.29, 0.717) is 0 Å². The van der Waals surface area contributed by atoms with Crippen LogP contribution in [0.3, 0.4) is 0 Å². The fourth-order valence-corrected chi connectivity index (χ4v) is 2.02. The number of amides is 1. The van der Waals surface area contributed by atoms with Crippen molar-refractivity contribution in [2.75, 3.05) is 5.32 Å². The number of carbonyl (C=O) groups is 1. The van der Waals surface area contributed by atoms with Gasteiger partial charge in [-0.25, -0.2) is 8.78 Å². The smallest absolute Gasteiger partial charge is 0.229 e. The second-order valence-corrected chi connectivity index (χ2v) is 4.62. The average Bonchev–Trinajstić information content (AvgIpc) is 2.60. The standard InChI is InChI=1S/C14H15F2N3O/c1-8-11(9(2)19(3)18-8)7-14(20)17-13-5-4-10(15)6-12(13)16/h4-6H,7H2,1-3H3,(H,17,20). The zero-order valence-corrected chi connectivity index (χ0v) is 11.5. The highest BCUT2D eigenvalue weighted by Crippen LogP contribution is 2.17. The van der Waals surface area contributed by atoms with Crippen molar-refractivity contribution in [2.45, 2.75) is 20.3 Å². The van der Waals surface area contributed by atoms with Crippen molar-refractivity contribution in [3.8, 4) is 0 Å². The molecule has 1 amide bonds. The highest BCUT2D eigenvalue weighted by atomic mass is 19.1. The van der Waals surface area contributed by atoms with Crippen molar-refractivity contribution < 1.29 is 13.6 Å². The molecule has 0 atom stereocenters. The van der Waals surface area contributed by atoms with E-state index in [2.05, 4.69) is 10.4 Å². The van der Waals surface area contributed by atoms with E-state index in [0.717, 1.165) is 29.1 Å². The molecule has 0 saturated carbocycles. The first-order chi connectivity index (χ1) is 9.38. The van der Waals surface area contributed by atoms with Gasteiger partial charge in [0.05, 0.1) is 17.8 Å². The highest BCUT2D eigenvalue weighted by Gasteiger charge is 2.14. The minimum atomic E-state index is -0.794. The number of halogens is 2. The van der Waals surface area contributed by atoms with Crippen LogP contribution in [0.4, 0.5) is 14.5 Å². The molecule has 0 aliphatic heterocycles. The van der Waals surface area contributed by atoms with Crippen molar-refractivity contribution in [2.24, 2.45) is 7.05 Å². The lowest BCUT2D eigenvalue weighted by atomic mass is 10.1. The van der Waals surface area contributed by atoms with Crippen molar-refractivity contribution in [1.29, 1.82) is 0 Å².